The number of halogens is 1. The molecular weight excluding hydrogens is 273 g/mol. The van der Waals surface area contributed by atoms with Gasteiger partial charge in [0, 0.05) is 31.7 Å². The largest absolute Gasteiger partial charge is 0.340 e. The Morgan fingerprint density at radius 2 is 1.86 bits per heavy atom. The first-order valence-corrected chi connectivity index (χ1v) is 7.08. The van der Waals surface area contributed by atoms with Crippen LogP contribution in [0, 0.1) is 5.82 Å². The van der Waals surface area contributed by atoms with Crippen LogP contribution < -0.4 is 5.73 Å². The maximum atomic E-state index is 13.2. The molecule has 1 aliphatic heterocycles. The third-order valence-electron chi connectivity index (χ3n) is 3.56. The molecule has 0 aliphatic carbocycles. The van der Waals surface area contributed by atoms with E-state index in [0.717, 1.165) is 0 Å². The van der Waals surface area contributed by atoms with Crippen LogP contribution in [0.5, 0.6) is 0 Å². The SMILES string of the molecule is C[C@H](N)C(=O)N1CCCN(C(=O)c2cccc(F)c2)CC1. The van der Waals surface area contributed by atoms with E-state index < -0.39 is 11.9 Å². The van der Waals surface area contributed by atoms with Crippen molar-refractivity contribution in [2.24, 2.45) is 5.73 Å². The van der Waals surface area contributed by atoms with Crippen molar-refractivity contribution in [3.63, 3.8) is 0 Å². The maximum absolute atomic E-state index is 13.2. The van der Waals surface area contributed by atoms with Gasteiger partial charge < -0.3 is 15.5 Å². The fraction of sp³-hybridized carbons (Fsp3) is 0.467. The van der Waals surface area contributed by atoms with Crippen LogP contribution in [0.2, 0.25) is 0 Å². The van der Waals surface area contributed by atoms with Gasteiger partial charge in [-0.25, -0.2) is 4.39 Å². The van der Waals surface area contributed by atoms with Gasteiger partial charge in [0.1, 0.15) is 5.82 Å². The summed E-state index contributed by atoms with van der Waals surface area (Å²) in [6.07, 6.45) is 0.694. The molecule has 1 fully saturated rings. The molecule has 2 rings (SSSR count). The van der Waals surface area contributed by atoms with Crippen LogP contribution in [-0.4, -0.2) is 53.8 Å². The zero-order valence-corrected chi connectivity index (χ0v) is 12.1. The summed E-state index contributed by atoms with van der Waals surface area (Å²) in [5.74, 6) is -0.732. The van der Waals surface area contributed by atoms with Gasteiger partial charge in [0.15, 0.2) is 0 Å². The second kappa shape index (κ2) is 6.67. The molecule has 6 heteroatoms. The van der Waals surface area contributed by atoms with Gasteiger partial charge in [0.2, 0.25) is 5.91 Å². The lowest BCUT2D eigenvalue weighted by Crippen LogP contribution is -2.44. The standard InChI is InChI=1S/C15H20FN3O2/c1-11(17)14(20)18-6-3-7-19(9-8-18)15(21)12-4-2-5-13(16)10-12/h2,4-5,10-11H,3,6-9,17H2,1H3/t11-/m0/s1. The van der Waals surface area contributed by atoms with E-state index >= 15 is 0 Å². The van der Waals surface area contributed by atoms with E-state index in [2.05, 4.69) is 0 Å². The van der Waals surface area contributed by atoms with Gasteiger partial charge in [-0.15, -0.1) is 0 Å². The van der Waals surface area contributed by atoms with Crippen LogP contribution in [0.4, 0.5) is 4.39 Å². The summed E-state index contributed by atoms with van der Waals surface area (Å²) < 4.78 is 13.2. The van der Waals surface area contributed by atoms with E-state index in [4.69, 9.17) is 5.73 Å². The van der Waals surface area contributed by atoms with Gasteiger partial charge in [-0.3, -0.25) is 9.59 Å². The number of hydrogen-bond donors (Lipinski definition) is 1. The Morgan fingerprint density at radius 1 is 1.19 bits per heavy atom. The number of amides is 2. The lowest BCUT2D eigenvalue weighted by atomic mass is 10.2. The highest BCUT2D eigenvalue weighted by atomic mass is 19.1. The molecule has 1 aliphatic rings. The molecule has 0 saturated carbocycles. The fourth-order valence-corrected chi connectivity index (χ4v) is 2.43. The molecule has 0 bridgehead atoms. The van der Waals surface area contributed by atoms with Crippen molar-refractivity contribution in [1.82, 2.24) is 9.80 Å². The van der Waals surface area contributed by atoms with Crippen molar-refractivity contribution in [2.45, 2.75) is 19.4 Å². The lowest BCUT2D eigenvalue weighted by Gasteiger charge is -2.23. The number of rotatable bonds is 2. The van der Waals surface area contributed by atoms with Crippen molar-refractivity contribution in [1.29, 1.82) is 0 Å². The average molecular weight is 293 g/mol. The first kappa shape index (κ1) is 15.4. The highest BCUT2D eigenvalue weighted by Crippen LogP contribution is 2.11. The smallest absolute Gasteiger partial charge is 0.254 e. The summed E-state index contributed by atoms with van der Waals surface area (Å²) >= 11 is 0. The number of carbonyl (C=O) groups excluding carboxylic acids is 2. The molecule has 1 atom stereocenters. The van der Waals surface area contributed by atoms with E-state index in [-0.39, 0.29) is 11.8 Å². The van der Waals surface area contributed by atoms with Crippen molar-refractivity contribution < 1.29 is 14.0 Å². The Labute approximate surface area is 123 Å². The van der Waals surface area contributed by atoms with Crippen molar-refractivity contribution in [2.75, 3.05) is 26.2 Å². The second-order valence-corrected chi connectivity index (χ2v) is 5.27. The van der Waals surface area contributed by atoms with Gasteiger partial charge in [-0.2, -0.15) is 0 Å². The monoisotopic (exact) mass is 293 g/mol. The summed E-state index contributed by atoms with van der Waals surface area (Å²) in [5, 5.41) is 0. The fourth-order valence-electron chi connectivity index (χ4n) is 2.43. The van der Waals surface area contributed by atoms with E-state index in [1.807, 2.05) is 0 Å². The number of nitrogens with two attached hydrogens (primary N) is 1. The number of nitrogens with zero attached hydrogens (tertiary/aromatic N) is 2. The first-order chi connectivity index (χ1) is 9.99. The highest BCUT2D eigenvalue weighted by molar-refractivity contribution is 5.94. The minimum atomic E-state index is -0.532. The van der Waals surface area contributed by atoms with Crippen LogP contribution in [0.1, 0.15) is 23.7 Å². The third kappa shape index (κ3) is 3.78. The molecule has 114 valence electrons. The van der Waals surface area contributed by atoms with Crippen LogP contribution >= 0.6 is 0 Å². The molecular formula is C15H20FN3O2. The van der Waals surface area contributed by atoms with Crippen LogP contribution in [0.3, 0.4) is 0 Å². The zero-order valence-electron chi connectivity index (χ0n) is 12.1. The number of hydrogen-bond acceptors (Lipinski definition) is 3. The van der Waals surface area contributed by atoms with E-state index in [1.165, 1.54) is 18.2 Å². The van der Waals surface area contributed by atoms with Crippen molar-refractivity contribution in [3.8, 4) is 0 Å². The zero-order chi connectivity index (χ0) is 15.4. The summed E-state index contributed by atoms with van der Waals surface area (Å²) in [4.78, 5) is 27.6. The molecule has 2 amide bonds. The van der Waals surface area contributed by atoms with Crippen LogP contribution in [0.25, 0.3) is 0 Å². The molecule has 1 saturated heterocycles. The molecule has 2 N–H and O–H groups in total. The molecule has 0 spiro atoms. The quantitative estimate of drug-likeness (QED) is 0.879. The normalized spacial score (nSPS) is 17.3. The predicted octanol–water partition coefficient (Wildman–Crippen LogP) is 0.847. The molecule has 1 aromatic rings. The lowest BCUT2D eigenvalue weighted by molar-refractivity contribution is -0.132. The van der Waals surface area contributed by atoms with Crippen molar-refractivity contribution >= 4 is 11.8 Å². The second-order valence-electron chi connectivity index (χ2n) is 5.27. The minimum absolute atomic E-state index is 0.102. The van der Waals surface area contributed by atoms with E-state index in [1.54, 1.807) is 22.8 Å². The van der Waals surface area contributed by atoms with E-state index in [0.29, 0.717) is 38.2 Å². The van der Waals surface area contributed by atoms with Gasteiger partial charge in [-0.1, -0.05) is 6.07 Å². The van der Waals surface area contributed by atoms with Gasteiger partial charge in [-0.05, 0) is 31.5 Å². The molecule has 0 unspecified atom stereocenters. The molecule has 5 nitrogen and oxygen atoms in total. The first-order valence-electron chi connectivity index (χ1n) is 7.08. The average Bonchev–Trinajstić information content (AvgIpc) is 2.71. The summed E-state index contributed by atoms with van der Waals surface area (Å²) in [7, 11) is 0. The van der Waals surface area contributed by atoms with E-state index in [9.17, 15) is 14.0 Å². The number of carbonyl (C=O) groups is 2. The molecule has 21 heavy (non-hydrogen) atoms. The molecule has 0 radical (unpaired) electrons. The predicted molar refractivity (Wildman–Crippen MR) is 77.1 cm³/mol. The Kier molecular flexibility index (Phi) is 4.90. The summed E-state index contributed by atoms with van der Waals surface area (Å²) in [5.41, 5.74) is 5.94. The molecule has 1 aromatic carbocycles. The van der Waals surface area contributed by atoms with Crippen molar-refractivity contribution in [3.05, 3.63) is 35.6 Å². The van der Waals surface area contributed by atoms with Gasteiger partial charge in [0.25, 0.3) is 5.91 Å². The Hall–Kier alpha value is -1.95. The minimum Gasteiger partial charge on any atom is -0.340 e. The molecule has 1 heterocycles. The Morgan fingerprint density at radius 3 is 2.52 bits per heavy atom. The summed E-state index contributed by atoms with van der Waals surface area (Å²) in [6.45, 7) is 3.70. The molecule has 0 aromatic heterocycles. The summed E-state index contributed by atoms with van der Waals surface area (Å²) in [6, 6.07) is 5.13. The van der Waals surface area contributed by atoms with Gasteiger partial charge >= 0.3 is 0 Å². The van der Waals surface area contributed by atoms with Gasteiger partial charge in [0.05, 0.1) is 6.04 Å². The highest BCUT2D eigenvalue weighted by Gasteiger charge is 2.24. The maximum Gasteiger partial charge on any atom is 0.254 e. The third-order valence-corrected chi connectivity index (χ3v) is 3.56. The number of benzene rings is 1. The van der Waals surface area contributed by atoms with Crippen LogP contribution in [-0.2, 0) is 4.79 Å². The topological polar surface area (TPSA) is 66.6 Å². The Balaban J connectivity index is 2.03. The van der Waals surface area contributed by atoms with Crippen LogP contribution in [0.15, 0.2) is 24.3 Å². The Bertz CT molecular complexity index is 533.